The zero-order chi connectivity index (χ0) is 16.6. The molecule has 0 saturated carbocycles. The molecule has 0 heterocycles. The van der Waals surface area contributed by atoms with Crippen molar-refractivity contribution in [2.45, 2.75) is 81.1 Å². The SMILES string of the molecule is C=CCC.CC.CCCC(C)C(C)(C)CCN(C)CC. The van der Waals surface area contributed by atoms with E-state index < -0.39 is 0 Å². The van der Waals surface area contributed by atoms with Crippen LogP contribution in [0.3, 0.4) is 0 Å². The maximum Gasteiger partial charge on any atom is -0.00167 e. The van der Waals surface area contributed by atoms with Gasteiger partial charge in [-0.2, -0.15) is 0 Å². The smallest absolute Gasteiger partial charge is 0.00167 e. The number of rotatable bonds is 8. The molecule has 1 unspecified atom stereocenters. The fourth-order valence-corrected chi connectivity index (χ4v) is 1.71. The molecule has 0 rings (SSSR count). The van der Waals surface area contributed by atoms with Gasteiger partial charge in [-0.05, 0) is 44.3 Å². The van der Waals surface area contributed by atoms with Crippen LogP contribution >= 0.6 is 0 Å². The third-order valence-electron chi connectivity index (χ3n) is 4.02. The van der Waals surface area contributed by atoms with Crippen molar-refractivity contribution in [3.8, 4) is 0 Å². The van der Waals surface area contributed by atoms with E-state index in [1.165, 1.54) is 25.8 Å². The molecule has 1 heteroatoms. The molecule has 0 aliphatic carbocycles. The van der Waals surface area contributed by atoms with Crippen LogP contribution in [0.5, 0.6) is 0 Å². The highest BCUT2D eigenvalue weighted by molar-refractivity contribution is 4.76. The Bertz CT molecular complexity index is 184. The Morgan fingerprint density at radius 2 is 1.60 bits per heavy atom. The molecule has 0 aromatic carbocycles. The normalized spacial score (nSPS) is 11.9. The minimum absolute atomic E-state index is 0.499. The summed E-state index contributed by atoms with van der Waals surface area (Å²) < 4.78 is 0. The van der Waals surface area contributed by atoms with Crippen molar-refractivity contribution < 1.29 is 0 Å². The second-order valence-corrected chi connectivity index (χ2v) is 6.02. The molecule has 1 atom stereocenters. The number of nitrogens with zero attached hydrogens (tertiary/aromatic N) is 1. The summed E-state index contributed by atoms with van der Waals surface area (Å²) in [6, 6.07) is 0. The third-order valence-corrected chi connectivity index (χ3v) is 4.02. The average Bonchev–Trinajstić information content (AvgIpc) is 2.47. The largest absolute Gasteiger partial charge is 0.307 e. The van der Waals surface area contributed by atoms with Crippen LogP contribution in [0.2, 0.25) is 0 Å². The molecule has 0 aliphatic heterocycles. The Morgan fingerprint density at radius 3 is 1.90 bits per heavy atom. The summed E-state index contributed by atoms with van der Waals surface area (Å²) in [7, 11) is 2.21. The highest BCUT2D eigenvalue weighted by Gasteiger charge is 2.24. The van der Waals surface area contributed by atoms with Crippen molar-refractivity contribution in [3.63, 3.8) is 0 Å². The van der Waals surface area contributed by atoms with Crippen molar-refractivity contribution in [3.05, 3.63) is 12.7 Å². The Kier molecular flexibility index (Phi) is 20.7. The van der Waals surface area contributed by atoms with Gasteiger partial charge in [0.2, 0.25) is 0 Å². The van der Waals surface area contributed by atoms with E-state index >= 15 is 0 Å². The van der Waals surface area contributed by atoms with E-state index in [2.05, 4.69) is 60.1 Å². The van der Waals surface area contributed by atoms with E-state index in [0.29, 0.717) is 5.41 Å². The van der Waals surface area contributed by atoms with Crippen LogP contribution in [-0.2, 0) is 0 Å². The van der Waals surface area contributed by atoms with Gasteiger partial charge in [0.25, 0.3) is 0 Å². The maximum absolute atomic E-state index is 3.48. The lowest BCUT2D eigenvalue weighted by Gasteiger charge is -2.33. The molecule has 0 fully saturated rings. The predicted octanol–water partition coefficient (Wildman–Crippen LogP) is 6.40. The van der Waals surface area contributed by atoms with Gasteiger partial charge in [-0.15, -0.1) is 6.58 Å². The van der Waals surface area contributed by atoms with Crippen molar-refractivity contribution in [1.29, 1.82) is 0 Å². The molecular formula is C19H43N. The van der Waals surface area contributed by atoms with Crippen molar-refractivity contribution >= 4 is 0 Å². The van der Waals surface area contributed by atoms with Crippen molar-refractivity contribution in [2.24, 2.45) is 11.3 Å². The fraction of sp³-hybridized carbons (Fsp3) is 0.895. The monoisotopic (exact) mass is 285 g/mol. The molecule has 20 heavy (non-hydrogen) atoms. The van der Waals surface area contributed by atoms with Gasteiger partial charge in [-0.25, -0.2) is 0 Å². The molecule has 0 aromatic rings. The molecule has 0 saturated heterocycles. The Morgan fingerprint density at radius 1 is 1.15 bits per heavy atom. The molecule has 0 aromatic heterocycles. The molecule has 0 aliphatic rings. The minimum atomic E-state index is 0.499. The standard InChI is InChI=1S/C13H29N.C4H8.C2H6/c1-7-9-12(3)13(4,5)10-11-14(6)8-2;1-3-4-2;1-2/h12H,7-11H2,1-6H3;3H,1,4H2,2H3;1-2H3. The summed E-state index contributed by atoms with van der Waals surface area (Å²) >= 11 is 0. The van der Waals surface area contributed by atoms with E-state index in [1.807, 2.05) is 19.9 Å². The van der Waals surface area contributed by atoms with Gasteiger partial charge in [-0.1, -0.05) is 74.3 Å². The summed E-state index contributed by atoms with van der Waals surface area (Å²) in [6.45, 7) is 23.7. The van der Waals surface area contributed by atoms with Crippen LogP contribution in [0.25, 0.3) is 0 Å². The lowest BCUT2D eigenvalue weighted by molar-refractivity contribution is 0.171. The summed E-state index contributed by atoms with van der Waals surface area (Å²) in [6.07, 6.45) is 6.95. The van der Waals surface area contributed by atoms with Gasteiger partial charge >= 0.3 is 0 Å². The Balaban J connectivity index is -0.000000410. The van der Waals surface area contributed by atoms with E-state index in [1.54, 1.807) is 0 Å². The first-order chi connectivity index (χ1) is 9.35. The van der Waals surface area contributed by atoms with E-state index in [4.69, 9.17) is 0 Å². The van der Waals surface area contributed by atoms with Gasteiger partial charge in [-0.3, -0.25) is 0 Å². The highest BCUT2D eigenvalue weighted by atomic mass is 15.1. The second-order valence-electron chi connectivity index (χ2n) is 6.02. The summed E-state index contributed by atoms with van der Waals surface area (Å²) in [4.78, 5) is 2.40. The number of allylic oxidation sites excluding steroid dienone is 1. The lowest BCUT2D eigenvalue weighted by Crippen LogP contribution is -2.28. The van der Waals surface area contributed by atoms with Gasteiger partial charge in [0.15, 0.2) is 0 Å². The van der Waals surface area contributed by atoms with E-state index in [9.17, 15) is 0 Å². The number of hydrogen-bond acceptors (Lipinski definition) is 1. The molecule has 0 spiro atoms. The molecule has 0 radical (unpaired) electrons. The average molecular weight is 286 g/mol. The Labute approximate surface area is 130 Å². The van der Waals surface area contributed by atoms with Crippen LogP contribution in [0.4, 0.5) is 0 Å². The number of hydrogen-bond donors (Lipinski definition) is 0. The predicted molar refractivity (Wildman–Crippen MR) is 97.5 cm³/mol. The molecule has 0 N–H and O–H groups in total. The summed E-state index contributed by atoms with van der Waals surface area (Å²) in [5, 5.41) is 0. The van der Waals surface area contributed by atoms with Gasteiger partial charge in [0.1, 0.15) is 0 Å². The van der Waals surface area contributed by atoms with E-state index in [0.717, 1.165) is 18.9 Å². The minimum Gasteiger partial charge on any atom is -0.307 e. The zero-order valence-corrected chi connectivity index (χ0v) is 16.1. The van der Waals surface area contributed by atoms with Gasteiger partial charge in [0.05, 0.1) is 0 Å². The maximum atomic E-state index is 3.48. The topological polar surface area (TPSA) is 3.24 Å². The molecular weight excluding hydrogens is 242 g/mol. The Hall–Kier alpha value is -0.300. The lowest BCUT2D eigenvalue weighted by atomic mass is 9.75. The quantitative estimate of drug-likeness (QED) is 0.466. The first-order valence-electron chi connectivity index (χ1n) is 8.65. The van der Waals surface area contributed by atoms with Crippen LogP contribution in [0.15, 0.2) is 12.7 Å². The fourth-order valence-electron chi connectivity index (χ4n) is 1.71. The van der Waals surface area contributed by atoms with Crippen LogP contribution in [-0.4, -0.2) is 25.0 Å². The molecule has 0 bridgehead atoms. The van der Waals surface area contributed by atoms with Crippen LogP contribution < -0.4 is 0 Å². The first-order valence-corrected chi connectivity index (χ1v) is 8.65. The molecule has 0 amide bonds. The van der Waals surface area contributed by atoms with Crippen LogP contribution in [0.1, 0.15) is 81.1 Å². The molecule has 124 valence electrons. The van der Waals surface area contributed by atoms with Crippen molar-refractivity contribution in [2.75, 3.05) is 20.1 Å². The zero-order valence-electron chi connectivity index (χ0n) is 16.1. The van der Waals surface area contributed by atoms with Gasteiger partial charge < -0.3 is 4.90 Å². The summed E-state index contributed by atoms with van der Waals surface area (Å²) in [5.41, 5.74) is 0.499. The second kappa shape index (κ2) is 16.8. The summed E-state index contributed by atoms with van der Waals surface area (Å²) in [5.74, 6) is 0.845. The highest BCUT2D eigenvalue weighted by Crippen LogP contribution is 2.33. The van der Waals surface area contributed by atoms with E-state index in [-0.39, 0.29) is 0 Å². The molecule has 1 nitrogen and oxygen atoms in total. The van der Waals surface area contributed by atoms with Crippen LogP contribution in [0, 0.1) is 11.3 Å². The van der Waals surface area contributed by atoms with Crippen molar-refractivity contribution in [1.82, 2.24) is 4.90 Å². The van der Waals surface area contributed by atoms with Gasteiger partial charge in [0, 0.05) is 0 Å². The third kappa shape index (κ3) is 15.8. The first kappa shape index (κ1) is 24.7.